The van der Waals surface area contributed by atoms with Gasteiger partial charge in [-0.15, -0.1) is 0 Å². The molecule has 0 aliphatic carbocycles. The summed E-state index contributed by atoms with van der Waals surface area (Å²) in [5.41, 5.74) is 2.48. The third kappa shape index (κ3) is 2.51. The van der Waals surface area contributed by atoms with Crippen LogP contribution in [-0.2, 0) is 6.42 Å². The Balaban J connectivity index is 2.19. The number of methoxy groups -OCH3 is 1. The van der Waals surface area contributed by atoms with Gasteiger partial charge >= 0.3 is 0 Å². The first kappa shape index (κ1) is 13.0. The lowest BCUT2D eigenvalue weighted by atomic mass is 10.1. The number of aromatic amines is 1. The molecule has 98 valence electrons. The summed E-state index contributed by atoms with van der Waals surface area (Å²) in [4.78, 5) is 5.77. The predicted octanol–water partition coefficient (Wildman–Crippen LogP) is 3.06. The standard InChI is InChI=1S/C15H22N2O/c1-4-17(5-2)10-9-12-11-16-15-13(12)7-6-8-14(15)18-3/h6-8,11,16H,4-5,9-10H2,1-3H3. The average molecular weight is 246 g/mol. The first-order valence-electron chi connectivity index (χ1n) is 6.65. The van der Waals surface area contributed by atoms with Crippen LogP contribution < -0.4 is 4.74 Å². The second-order valence-corrected chi connectivity index (χ2v) is 4.47. The van der Waals surface area contributed by atoms with Gasteiger partial charge in [0.05, 0.1) is 12.6 Å². The molecule has 1 heterocycles. The molecule has 0 unspecified atom stereocenters. The lowest BCUT2D eigenvalue weighted by molar-refractivity contribution is 0.308. The van der Waals surface area contributed by atoms with E-state index < -0.39 is 0 Å². The third-order valence-electron chi connectivity index (χ3n) is 3.57. The Bertz CT molecular complexity index is 500. The van der Waals surface area contributed by atoms with Gasteiger partial charge in [0.2, 0.25) is 0 Å². The van der Waals surface area contributed by atoms with Crippen molar-refractivity contribution in [3.8, 4) is 5.75 Å². The fourth-order valence-electron chi connectivity index (χ4n) is 2.38. The molecule has 0 fully saturated rings. The van der Waals surface area contributed by atoms with Crippen LogP contribution in [0.2, 0.25) is 0 Å². The SMILES string of the molecule is CCN(CC)CCc1c[nH]c2c(OC)cccc12. The lowest BCUT2D eigenvalue weighted by Crippen LogP contribution is -2.25. The number of ether oxygens (including phenoxy) is 1. The minimum atomic E-state index is 0.918. The number of fused-ring (bicyclic) bond motifs is 1. The van der Waals surface area contributed by atoms with Crippen molar-refractivity contribution in [1.29, 1.82) is 0 Å². The number of rotatable bonds is 6. The van der Waals surface area contributed by atoms with Crippen molar-refractivity contribution >= 4 is 10.9 Å². The molecule has 1 aromatic carbocycles. The smallest absolute Gasteiger partial charge is 0.142 e. The molecule has 0 radical (unpaired) electrons. The molecular formula is C15H22N2O. The summed E-state index contributed by atoms with van der Waals surface area (Å²) in [5.74, 6) is 0.918. The Labute approximate surface area is 109 Å². The van der Waals surface area contributed by atoms with Crippen molar-refractivity contribution in [3.05, 3.63) is 30.0 Å². The highest BCUT2D eigenvalue weighted by Gasteiger charge is 2.08. The van der Waals surface area contributed by atoms with Gasteiger partial charge in [0, 0.05) is 18.1 Å². The number of para-hydroxylation sites is 1. The molecule has 0 saturated carbocycles. The molecule has 0 atom stereocenters. The van der Waals surface area contributed by atoms with Gasteiger partial charge in [-0.2, -0.15) is 0 Å². The molecule has 3 nitrogen and oxygen atoms in total. The fraction of sp³-hybridized carbons (Fsp3) is 0.467. The number of benzene rings is 1. The Kier molecular flexibility index (Phi) is 4.26. The van der Waals surface area contributed by atoms with Crippen LogP contribution in [0.5, 0.6) is 5.75 Å². The Morgan fingerprint density at radius 2 is 2.00 bits per heavy atom. The summed E-state index contributed by atoms with van der Waals surface area (Å²) >= 11 is 0. The van der Waals surface area contributed by atoms with E-state index in [4.69, 9.17) is 4.74 Å². The van der Waals surface area contributed by atoms with Gasteiger partial charge in [-0.3, -0.25) is 0 Å². The van der Waals surface area contributed by atoms with Crippen molar-refractivity contribution in [2.24, 2.45) is 0 Å². The molecule has 1 aromatic heterocycles. The van der Waals surface area contributed by atoms with Crippen molar-refractivity contribution in [2.75, 3.05) is 26.7 Å². The fourth-order valence-corrected chi connectivity index (χ4v) is 2.38. The third-order valence-corrected chi connectivity index (χ3v) is 3.57. The zero-order valence-corrected chi connectivity index (χ0v) is 11.5. The normalized spacial score (nSPS) is 11.3. The predicted molar refractivity (Wildman–Crippen MR) is 76.3 cm³/mol. The van der Waals surface area contributed by atoms with E-state index in [1.807, 2.05) is 6.07 Å². The van der Waals surface area contributed by atoms with E-state index in [2.05, 4.69) is 42.1 Å². The van der Waals surface area contributed by atoms with Gasteiger partial charge in [0.1, 0.15) is 5.75 Å². The zero-order valence-electron chi connectivity index (χ0n) is 11.5. The first-order chi connectivity index (χ1) is 8.80. The second-order valence-electron chi connectivity index (χ2n) is 4.47. The van der Waals surface area contributed by atoms with Crippen LogP contribution in [0.3, 0.4) is 0 Å². The molecule has 0 aliphatic rings. The summed E-state index contributed by atoms with van der Waals surface area (Å²) in [7, 11) is 1.71. The maximum atomic E-state index is 5.37. The zero-order chi connectivity index (χ0) is 13.0. The largest absolute Gasteiger partial charge is 0.495 e. The number of H-pyrrole nitrogens is 1. The highest BCUT2D eigenvalue weighted by molar-refractivity contribution is 5.88. The topological polar surface area (TPSA) is 28.3 Å². The molecule has 18 heavy (non-hydrogen) atoms. The molecule has 3 heteroatoms. The van der Waals surface area contributed by atoms with Gasteiger partial charge in [0.25, 0.3) is 0 Å². The van der Waals surface area contributed by atoms with E-state index >= 15 is 0 Å². The van der Waals surface area contributed by atoms with Crippen molar-refractivity contribution in [2.45, 2.75) is 20.3 Å². The monoisotopic (exact) mass is 246 g/mol. The average Bonchev–Trinajstić information content (AvgIpc) is 2.83. The molecule has 0 spiro atoms. The maximum absolute atomic E-state index is 5.37. The van der Waals surface area contributed by atoms with Crippen LogP contribution in [0, 0.1) is 0 Å². The first-order valence-corrected chi connectivity index (χ1v) is 6.65. The van der Waals surface area contributed by atoms with Gasteiger partial charge in [0.15, 0.2) is 0 Å². The van der Waals surface area contributed by atoms with Gasteiger partial charge in [-0.05, 0) is 31.1 Å². The van der Waals surface area contributed by atoms with Crippen molar-refractivity contribution in [1.82, 2.24) is 9.88 Å². The Morgan fingerprint density at radius 1 is 1.22 bits per heavy atom. The molecule has 0 amide bonds. The molecule has 0 aliphatic heterocycles. The summed E-state index contributed by atoms with van der Waals surface area (Å²) in [6.45, 7) is 7.75. The van der Waals surface area contributed by atoms with Crippen molar-refractivity contribution < 1.29 is 4.74 Å². The van der Waals surface area contributed by atoms with Gasteiger partial charge < -0.3 is 14.6 Å². The van der Waals surface area contributed by atoms with E-state index in [0.717, 1.165) is 37.3 Å². The number of likely N-dealkylation sites (N-methyl/N-ethyl adjacent to an activating group) is 1. The van der Waals surface area contributed by atoms with Gasteiger partial charge in [-0.1, -0.05) is 26.0 Å². The molecular weight excluding hydrogens is 224 g/mol. The maximum Gasteiger partial charge on any atom is 0.142 e. The molecule has 0 saturated heterocycles. The quantitative estimate of drug-likeness (QED) is 0.848. The van der Waals surface area contributed by atoms with E-state index in [1.165, 1.54) is 10.9 Å². The summed E-state index contributed by atoms with van der Waals surface area (Å²) in [5, 5.41) is 1.28. The second kappa shape index (κ2) is 5.91. The number of hydrogen-bond acceptors (Lipinski definition) is 2. The highest BCUT2D eigenvalue weighted by atomic mass is 16.5. The Morgan fingerprint density at radius 3 is 2.67 bits per heavy atom. The number of nitrogens with zero attached hydrogens (tertiary/aromatic N) is 1. The van der Waals surface area contributed by atoms with Crippen LogP contribution in [0.4, 0.5) is 0 Å². The molecule has 1 N–H and O–H groups in total. The highest BCUT2D eigenvalue weighted by Crippen LogP contribution is 2.27. The number of nitrogens with one attached hydrogen (secondary N) is 1. The molecule has 0 bridgehead atoms. The lowest BCUT2D eigenvalue weighted by Gasteiger charge is -2.17. The summed E-state index contributed by atoms with van der Waals surface area (Å²) < 4.78 is 5.37. The minimum Gasteiger partial charge on any atom is -0.495 e. The molecule has 2 rings (SSSR count). The van der Waals surface area contributed by atoms with E-state index in [1.54, 1.807) is 7.11 Å². The van der Waals surface area contributed by atoms with E-state index in [-0.39, 0.29) is 0 Å². The van der Waals surface area contributed by atoms with E-state index in [0.29, 0.717) is 0 Å². The number of hydrogen-bond donors (Lipinski definition) is 1. The Hall–Kier alpha value is -1.48. The van der Waals surface area contributed by atoms with Crippen LogP contribution in [0.25, 0.3) is 10.9 Å². The number of aromatic nitrogens is 1. The van der Waals surface area contributed by atoms with Crippen LogP contribution >= 0.6 is 0 Å². The minimum absolute atomic E-state index is 0.918. The van der Waals surface area contributed by atoms with E-state index in [9.17, 15) is 0 Å². The summed E-state index contributed by atoms with van der Waals surface area (Å²) in [6, 6.07) is 6.20. The van der Waals surface area contributed by atoms with Crippen LogP contribution in [0.15, 0.2) is 24.4 Å². The summed E-state index contributed by atoms with van der Waals surface area (Å²) in [6.07, 6.45) is 3.19. The van der Waals surface area contributed by atoms with Crippen LogP contribution in [0.1, 0.15) is 19.4 Å². The van der Waals surface area contributed by atoms with Gasteiger partial charge in [-0.25, -0.2) is 0 Å². The van der Waals surface area contributed by atoms with Crippen LogP contribution in [-0.4, -0.2) is 36.6 Å². The molecule has 2 aromatic rings. The van der Waals surface area contributed by atoms with Crippen molar-refractivity contribution in [3.63, 3.8) is 0 Å².